The predicted molar refractivity (Wildman–Crippen MR) is 97.2 cm³/mol. The molecule has 0 aliphatic carbocycles. The third-order valence-electron chi connectivity index (χ3n) is 4.01. The molecule has 0 aliphatic rings. The van der Waals surface area contributed by atoms with Gasteiger partial charge in [-0.3, -0.25) is 4.79 Å². The van der Waals surface area contributed by atoms with Crippen molar-refractivity contribution in [2.45, 2.75) is 0 Å². The van der Waals surface area contributed by atoms with E-state index < -0.39 is 5.91 Å². The molecule has 2 aromatic carbocycles. The van der Waals surface area contributed by atoms with Gasteiger partial charge in [0.1, 0.15) is 17.2 Å². The summed E-state index contributed by atoms with van der Waals surface area (Å²) in [4.78, 5) is 12.8. The van der Waals surface area contributed by atoms with Crippen LogP contribution in [0.25, 0.3) is 11.5 Å². The molecule has 0 atom stereocenters. The van der Waals surface area contributed by atoms with Crippen LogP contribution in [0.2, 0.25) is 0 Å². The van der Waals surface area contributed by atoms with Gasteiger partial charge in [0.05, 0.1) is 11.9 Å². The Bertz CT molecular complexity index is 1070. The van der Waals surface area contributed by atoms with Gasteiger partial charge < -0.3 is 9.88 Å². The highest BCUT2D eigenvalue weighted by molar-refractivity contribution is 6.06. The Hall–Kier alpha value is -3.74. The lowest BCUT2D eigenvalue weighted by atomic mass is 10.2. The number of hydrogen-bond donors (Lipinski definition) is 1. The molecule has 0 aliphatic heterocycles. The molecular formula is C20H14F2N4O. The van der Waals surface area contributed by atoms with Crippen LogP contribution in [0.3, 0.4) is 0 Å². The van der Waals surface area contributed by atoms with Gasteiger partial charge in [0.25, 0.3) is 5.91 Å². The number of carbonyl (C=O) groups is 1. The van der Waals surface area contributed by atoms with E-state index >= 15 is 0 Å². The molecule has 1 amide bonds. The second-order valence-electron chi connectivity index (χ2n) is 5.82. The standard InChI is InChI=1S/C20H14F2N4O/c21-14-3-7-16(8-4-14)24-19(27)18-13-23-26(17-9-5-15(22)6-10-17)20(18)25-11-1-2-12-25/h1-13H,(H,24,27). The van der Waals surface area contributed by atoms with E-state index in [1.165, 1.54) is 42.6 Å². The maximum Gasteiger partial charge on any atom is 0.261 e. The van der Waals surface area contributed by atoms with Gasteiger partial charge in [0, 0.05) is 18.1 Å². The zero-order chi connectivity index (χ0) is 18.8. The molecule has 0 saturated heterocycles. The van der Waals surface area contributed by atoms with Crippen molar-refractivity contribution in [1.29, 1.82) is 0 Å². The molecule has 2 heterocycles. The SMILES string of the molecule is O=C(Nc1ccc(F)cc1)c1cnn(-c2ccc(F)cc2)c1-n1cccc1. The molecule has 2 aromatic heterocycles. The van der Waals surface area contributed by atoms with E-state index in [4.69, 9.17) is 0 Å². The number of aromatic nitrogens is 3. The fourth-order valence-corrected chi connectivity index (χ4v) is 2.73. The average Bonchev–Trinajstić information content (AvgIpc) is 3.33. The Labute approximate surface area is 153 Å². The lowest BCUT2D eigenvalue weighted by molar-refractivity contribution is 0.102. The van der Waals surface area contributed by atoms with Gasteiger partial charge in [-0.2, -0.15) is 5.10 Å². The van der Waals surface area contributed by atoms with E-state index in [1.807, 2.05) is 12.1 Å². The van der Waals surface area contributed by atoms with Crippen LogP contribution in [0.1, 0.15) is 10.4 Å². The Balaban J connectivity index is 1.75. The number of halogens is 2. The summed E-state index contributed by atoms with van der Waals surface area (Å²) in [6.07, 6.45) is 5.01. The Kier molecular flexibility index (Phi) is 4.25. The number of nitrogens with zero attached hydrogens (tertiary/aromatic N) is 3. The quantitative estimate of drug-likeness (QED) is 0.590. The lowest BCUT2D eigenvalue weighted by Gasteiger charge is -2.11. The Morgan fingerprint density at radius 3 is 2.11 bits per heavy atom. The number of carbonyl (C=O) groups excluding carboxylic acids is 1. The van der Waals surface area contributed by atoms with Crippen molar-refractivity contribution in [3.05, 3.63) is 96.5 Å². The van der Waals surface area contributed by atoms with Crippen molar-refractivity contribution < 1.29 is 13.6 Å². The average molecular weight is 364 g/mol. The van der Waals surface area contributed by atoms with Crippen LogP contribution in [-0.4, -0.2) is 20.3 Å². The fourth-order valence-electron chi connectivity index (χ4n) is 2.73. The maximum absolute atomic E-state index is 13.3. The largest absolute Gasteiger partial charge is 0.322 e. The minimum atomic E-state index is -0.390. The summed E-state index contributed by atoms with van der Waals surface area (Å²) in [5, 5.41) is 7.03. The highest BCUT2D eigenvalue weighted by atomic mass is 19.1. The number of nitrogens with one attached hydrogen (secondary N) is 1. The normalized spacial score (nSPS) is 10.7. The summed E-state index contributed by atoms with van der Waals surface area (Å²) in [5.41, 5.74) is 1.40. The third kappa shape index (κ3) is 3.35. The lowest BCUT2D eigenvalue weighted by Crippen LogP contribution is -2.15. The number of amides is 1. The van der Waals surface area contributed by atoms with Gasteiger partial charge in [-0.25, -0.2) is 13.5 Å². The topological polar surface area (TPSA) is 51.9 Å². The van der Waals surface area contributed by atoms with E-state index in [0.717, 1.165) is 0 Å². The first-order chi connectivity index (χ1) is 13.1. The summed E-state index contributed by atoms with van der Waals surface area (Å²) in [6.45, 7) is 0. The molecule has 0 saturated carbocycles. The summed E-state index contributed by atoms with van der Waals surface area (Å²) in [5.74, 6) is -0.627. The van der Waals surface area contributed by atoms with Gasteiger partial charge >= 0.3 is 0 Å². The molecule has 4 aromatic rings. The minimum absolute atomic E-state index is 0.319. The molecule has 0 fully saturated rings. The first kappa shape index (κ1) is 16.7. The van der Waals surface area contributed by atoms with Crippen molar-refractivity contribution in [2.24, 2.45) is 0 Å². The van der Waals surface area contributed by atoms with Crippen molar-refractivity contribution in [1.82, 2.24) is 14.3 Å². The molecule has 7 heteroatoms. The van der Waals surface area contributed by atoms with E-state index in [2.05, 4.69) is 10.4 Å². The highest BCUT2D eigenvalue weighted by Crippen LogP contribution is 2.21. The van der Waals surface area contributed by atoms with Crippen molar-refractivity contribution in [3.63, 3.8) is 0 Å². The molecule has 0 unspecified atom stereocenters. The van der Waals surface area contributed by atoms with Crippen LogP contribution in [0.5, 0.6) is 0 Å². The number of hydrogen-bond acceptors (Lipinski definition) is 2. The molecule has 4 rings (SSSR count). The Morgan fingerprint density at radius 1 is 0.889 bits per heavy atom. The molecular weight excluding hydrogens is 350 g/mol. The summed E-state index contributed by atoms with van der Waals surface area (Å²) < 4.78 is 29.6. The fraction of sp³-hybridized carbons (Fsp3) is 0. The molecule has 0 spiro atoms. The van der Waals surface area contributed by atoms with Crippen LogP contribution >= 0.6 is 0 Å². The first-order valence-corrected chi connectivity index (χ1v) is 8.16. The van der Waals surface area contributed by atoms with Crippen LogP contribution in [0, 0.1) is 11.6 Å². The van der Waals surface area contributed by atoms with Crippen LogP contribution in [0.4, 0.5) is 14.5 Å². The molecule has 0 radical (unpaired) electrons. The second kappa shape index (κ2) is 6.87. The van der Waals surface area contributed by atoms with Crippen LogP contribution < -0.4 is 5.32 Å². The van der Waals surface area contributed by atoms with Gasteiger partial charge in [-0.05, 0) is 60.7 Å². The molecule has 1 N–H and O–H groups in total. The van der Waals surface area contributed by atoms with Crippen molar-refractivity contribution in [3.8, 4) is 11.5 Å². The summed E-state index contributed by atoms with van der Waals surface area (Å²) in [7, 11) is 0. The Morgan fingerprint density at radius 2 is 1.48 bits per heavy atom. The van der Waals surface area contributed by atoms with Gasteiger partial charge in [0.2, 0.25) is 0 Å². The molecule has 5 nitrogen and oxygen atoms in total. The van der Waals surface area contributed by atoms with E-state index in [1.54, 1.807) is 33.8 Å². The van der Waals surface area contributed by atoms with E-state index in [-0.39, 0.29) is 11.6 Å². The van der Waals surface area contributed by atoms with Gasteiger partial charge in [-0.15, -0.1) is 0 Å². The predicted octanol–water partition coefficient (Wildman–Crippen LogP) is 4.19. The van der Waals surface area contributed by atoms with E-state index in [9.17, 15) is 13.6 Å². The number of rotatable bonds is 4. The van der Waals surface area contributed by atoms with Crippen molar-refractivity contribution >= 4 is 11.6 Å². The maximum atomic E-state index is 13.3. The highest BCUT2D eigenvalue weighted by Gasteiger charge is 2.20. The smallest absolute Gasteiger partial charge is 0.261 e. The number of anilines is 1. The van der Waals surface area contributed by atoms with E-state index in [0.29, 0.717) is 22.8 Å². The summed E-state index contributed by atoms with van der Waals surface area (Å²) >= 11 is 0. The minimum Gasteiger partial charge on any atom is -0.322 e. The first-order valence-electron chi connectivity index (χ1n) is 8.16. The van der Waals surface area contributed by atoms with Gasteiger partial charge in [0.15, 0.2) is 5.82 Å². The zero-order valence-corrected chi connectivity index (χ0v) is 14.0. The van der Waals surface area contributed by atoms with Crippen molar-refractivity contribution in [2.75, 3.05) is 5.32 Å². The summed E-state index contributed by atoms with van der Waals surface area (Å²) in [6, 6.07) is 15.0. The zero-order valence-electron chi connectivity index (χ0n) is 14.0. The van der Waals surface area contributed by atoms with Gasteiger partial charge in [-0.1, -0.05) is 0 Å². The molecule has 134 valence electrons. The van der Waals surface area contributed by atoms with Crippen LogP contribution in [-0.2, 0) is 0 Å². The monoisotopic (exact) mass is 364 g/mol. The third-order valence-corrected chi connectivity index (χ3v) is 4.01. The molecule has 0 bridgehead atoms. The molecule has 27 heavy (non-hydrogen) atoms. The van der Waals surface area contributed by atoms with Crippen LogP contribution in [0.15, 0.2) is 79.3 Å². The number of benzene rings is 2. The second-order valence-corrected chi connectivity index (χ2v) is 5.82.